The molecule has 0 aliphatic carbocycles. The number of aldehydes is 1. The molecule has 0 aliphatic rings. The fraction of sp³-hybridized carbons (Fsp3) is 0.188. The average Bonchev–Trinajstić information content (AvgIpc) is 2.45. The van der Waals surface area contributed by atoms with Crippen LogP contribution < -0.4 is 4.74 Å². The van der Waals surface area contributed by atoms with Gasteiger partial charge in [-0.05, 0) is 37.3 Å². The second-order valence-corrected chi connectivity index (χ2v) is 5.34. The first-order chi connectivity index (χ1) is 9.22. The van der Waals surface area contributed by atoms with E-state index in [1.165, 1.54) is 10.5 Å². The van der Waals surface area contributed by atoms with E-state index in [1.807, 2.05) is 12.1 Å². The minimum atomic E-state index is 0.681. The van der Waals surface area contributed by atoms with Crippen LogP contribution in [0, 0.1) is 6.92 Å². The number of hydrogen-bond donors (Lipinski definition) is 0. The predicted molar refractivity (Wildman–Crippen MR) is 79.1 cm³/mol. The van der Waals surface area contributed by atoms with Gasteiger partial charge in [-0.3, -0.25) is 4.79 Å². The summed E-state index contributed by atoms with van der Waals surface area (Å²) in [5, 5.41) is 0. The SMILES string of the molecule is COc1ccc(C=O)cc1CSc1cccc(C)c1. The molecular formula is C16H16O2S. The minimum Gasteiger partial charge on any atom is -0.496 e. The average molecular weight is 272 g/mol. The van der Waals surface area contributed by atoms with Crippen LogP contribution in [-0.4, -0.2) is 13.4 Å². The van der Waals surface area contributed by atoms with Gasteiger partial charge in [0, 0.05) is 21.8 Å². The standard InChI is InChI=1S/C16H16O2S/c1-12-4-3-5-15(8-12)19-11-14-9-13(10-17)6-7-16(14)18-2/h3-10H,11H2,1-2H3. The molecule has 0 saturated heterocycles. The molecule has 0 bridgehead atoms. The Morgan fingerprint density at radius 1 is 1.21 bits per heavy atom. The van der Waals surface area contributed by atoms with Gasteiger partial charge >= 0.3 is 0 Å². The Balaban J connectivity index is 2.16. The van der Waals surface area contributed by atoms with Gasteiger partial charge in [-0.1, -0.05) is 17.7 Å². The Labute approximate surface area is 117 Å². The number of ether oxygens (including phenoxy) is 1. The Kier molecular flexibility index (Phi) is 4.63. The van der Waals surface area contributed by atoms with Crippen LogP contribution in [0.5, 0.6) is 5.75 Å². The predicted octanol–water partition coefficient (Wildman–Crippen LogP) is 4.11. The molecule has 3 heteroatoms. The summed E-state index contributed by atoms with van der Waals surface area (Å²) >= 11 is 1.74. The van der Waals surface area contributed by atoms with Crippen molar-refractivity contribution in [1.29, 1.82) is 0 Å². The largest absolute Gasteiger partial charge is 0.496 e. The molecule has 0 aromatic heterocycles. The summed E-state index contributed by atoms with van der Waals surface area (Å²) in [6, 6.07) is 13.9. The van der Waals surface area contributed by atoms with Crippen molar-refractivity contribution in [3.63, 3.8) is 0 Å². The second kappa shape index (κ2) is 6.43. The van der Waals surface area contributed by atoms with Crippen molar-refractivity contribution in [3.8, 4) is 5.75 Å². The molecule has 0 atom stereocenters. The molecule has 0 spiro atoms. The lowest BCUT2D eigenvalue weighted by atomic mass is 10.1. The van der Waals surface area contributed by atoms with Crippen molar-refractivity contribution in [3.05, 3.63) is 59.2 Å². The highest BCUT2D eigenvalue weighted by Crippen LogP contribution is 2.28. The van der Waals surface area contributed by atoms with Gasteiger partial charge in [0.05, 0.1) is 7.11 Å². The Hall–Kier alpha value is -1.74. The van der Waals surface area contributed by atoms with Crippen LogP contribution in [0.1, 0.15) is 21.5 Å². The minimum absolute atomic E-state index is 0.681. The number of benzene rings is 2. The van der Waals surface area contributed by atoms with E-state index in [0.717, 1.165) is 23.4 Å². The number of hydrogen-bond acceptors (Lipinski definition) is 3. The molecule has 2 nitrogen and oxygen atoms in total. The number of carbonyl (C=O) groups is 1. The van der Waals surface area contributed by atoms with E-state index in [1.54, 1.807) is 24.9 Å². The van der Waals surface area contributed by atoms with Gasteiger partial charge in [0.15, 0.2) is 0 Å². The van der Waals surface area contributed by atoms with Gasteiger partial charge in [-0.15, -0.1) is 11.8 Å². The van der Waals surface area contributed by atoms with Gasteiger partial charge < -0.3 is 4.74 Å². The molecule has 2 aromatic rings. The van der Waals surface area contributed by atoms with Crippen molar-refractivity contribution in [1.82, 2.24) is 0 Å². The van der Waals surface area contributed by atoms with Crippen LogP contribution in [0.15, 0.2) is 47.4 Å². The molecule has 0 radical (unpaired) electrons. The third kappa shape index (κ3) is 3.61. The zero-order valence-corrected chi connectivity index (χ0v) is 11.9. The van der Waals surface area contributed by atoms with E-state index in [-0.39, 0.29) is 0 Å². The zero-order valence-electron chi connectivity index (χ0n) is 11.1. The monoisotopic (exact) mass is 272 g/mol. The summed E-state index contributed by atoms with van der Waals surface area (Å²) in [5.74, 6) is 1.61. The maximum Gasteiger partial charge on any atom is 0.150 e. The molecule has 0 unspecified atom stereocenters. The van der Waals surface area contributed by atoms with Crippen LogP contribution in [0.25, 0.3) is 0 Å². The number of aryl methyl sites for hydroxylation is 1. The van der Waals surface area contributed by atoms with Crippen LogP contribution in [0.4, 0.5) is 0 Å². The van der Waals surface area contributed by atoms with E-state index in [2.05, 4.69) is 31.2 Å². The van der Waals surface area contributed by atoms with Crippen LogP contribution in [-0.2, 0) is 5.75 Å². The summed E-state index contributed by atoms with van der Waals surface area (Å²) in [6.45, 7) is 2.08. The highest BCUT2D eigenvalue weighted by molar-refractivity contribution is 7.98. The number of rotatable bonds is 5. The molecule has 2 rings (SSSR count). The number of carbonyl (C=O) groups excluding carboxylic acids is 1. The summed E-state index contributed by atoms with van der Waals surface area (Å²) in [6.07, 6.45) is 0.861. The molecular weight excluding hydrogens is 256 g/mol. The molecule has 98 valence electrons. The quantitative estimate of drug-likeness (QED) is 0.605. The first-order valence-electron chi connectivity index (χ1n) is 6.04. The van der Waals surface area contributed by atoms with Gasteiger partial charge in [-0.2, -0.15) is 0 Å². The number of methoxy groups -OCH3 is 1. The maximum atomic E-state index is 10.8. The fourth-order valence-electron chi connectivity index (χ4n) is 1.85. The topological polar surface area (TPSA) is 26.3 Å². The van der Waals surface area contributed by atoms with Crippen LogP contribution >= 0.6 is 11.8 Å². The summed E-state index contributed by atoms with van der Waals surface area (Å²) in [4.78, 5) is 12.1. The third-order valence-corrected chi connectivity index (χ3v) is 3.87. The number of thioether (sulfide) groups is 1. The highest BCUT2D eigenvalue weighted by atomic mass is 32.2. The van der Waals surface area contributed by atoms with Crippen molar-refractivity contribution < 1.29 is 9.53 Å². The lowest BCUT2D eigenvalue weighted by Gasteiger charge is -2.09. The lowest BCUT2D eigenvalue weighted by Crippen LogP contribution is -1.92. The van der Waals surface area contributed by atoms with Gasteiger partial charge in [0.1, 0.15) is 12.0 Å². The van der Waals surface area contributed by atoms with Crippen LogP contribution in [0.3, 0.4) is 0 Å². The Morgan fingerprint density at radius 3 is 2.74 bits per heavy atom. The molecule has 19 heavy (non-hydrogen) atoms. The van der Waals surface area contributed by atoms with E-state index in [9.17, 15) is 4.79 Å². The van der Waals surface area contributed by atoms with Crippen molar-refractivity contribution >= 4 is 18.0 Å². The second-order valence-electron chi connectivity index (χ2n) is 4.29. The normalized spacial score (nSPS) is 10.2. The van der Waals surface area contributed by atoms with E-state index >= 15 is 0 Å². The van der Waals surface area contributed by atoms with Crippen LogP contribution in [0.2, 0.25) is 0 Å². The summed E-state index contributed by atoms with van der Waals surface area (Å²) in [5.41, 5.74) is 2.97. The first kappa shape index (κ1) is 13.7. The smallest absolute Gasteiger partial charge is 0.150 e. The zero-order chi connectivity index (χ0) is 13.7. The van der Waals surface area contributed by atoms with Gasteiger partial charge in [0.25, 0.3) is 0 Å². The fourth-order valence-corrected chi connectivity index (χ4v) is 2.84. The van der Waals surface area contributed by atoms with Crippen molar-refractivity contribution in [2.45, 2.75) is 17.6 Å². The van der Waals surface area contributed by atoms with E-state index in [0.29, 0.717) is 5.56 Å². The summed E-state index contributed by atoms with van der Waals surface area (Å²) < 4.78 is 5.33. The van der Waals surface area contributed by atoms with E-state index < -0.39 is 0 Å². The highest BCUT2D eigenvalue weighted by Gasteiger charge is 2.05. The molecule has 0 N–H and O–H groups in total. The van der Waals surface area contributed by atoms with Gasteiger partial charge in [0.2, 0.25) is 0 Å². The van der Waals surface area contributed by atoms with E-state index in [4.69, 9.17) is 4.74 Å². The molecule has 0 aliphatic heterocycles. The first-order valence-corrected chi connectivity index (χ1v) is 7.03. The van der Waals surface area contributed by atoms with Crippen molar-refractivity contribution in [2.24, 2.45) is 0 Å². The Morgan fingerprint density at radius 2 is 2.05 bits per heavy atom. The molecule has 2 aromatic carbocycles. The molecule has 0 fully saturated rings. The molecule has 0 saturated carbocycles. The van der Waals surface area contributed by atoms with Crippen molar-refractivity contribution in [2.75, 3.05) is 7.11 Å². The summed E-state index contributed by atoms with van der Waals surface area (Å²) in [7, 11) is 1.65. The maximum absolute atomic E-state index is 10.8. The lowest BCUT2D eigenvalue weighted by molar-refractivity contribution is 0.112. The molecule has 0 amide bonds. The Bertz CT molecular complexity index is 579. The van der Waals surface area contributed by atoms with Gasteiger partial charge in [-0.25, -0.2) is 0 Å². The third-order valence-electron chi connectivity index (χ3n) is 2.82. The molecule has 0 heterocycles.